The molecule has 1 heterocycles. The topological polar surface area (TPSA) is 24.9 Å². The van der Waals surface area contributed by atoms with Gasteiger partial charge < -0.3 is 5.32 Å². The van der Waals surface area contributed by atoms with Crippen LogP contribution in [0.4, 0.5) is 10.2 Å². The van der Waals surface area contributed by atoms with Crippen LogP contribution in [0.5, 0.6) is 0 Å². The first-order valence-electron chi connectivity index (χ1n) is 6.86. The average Bonchev–Trinajstić information content (AvgIpc) is 2.38. The van der Waals surface area contributed by atoms with E-state index in [1.54, 1.807) is 12.1 Å². The van der Waals surface area contributed by atoms with Gasteiger partial charge in [-0.25, -0.2) is 4.98 Å². The highest BCUT2D eigenvalue weighted by atomic mass is 19.1. The molecule has 0 saturated heterocycles. The van der Waals surface area contributed by atoms with Crippen LogP contribution in [0.3, 0.4) is 0 Å². The first kappa shape index (κ1) is 14.5. The van der Waals surface area contributed by atoms with Gasteiger partial charge in [-0.05, 0) is 35.6 Å². The molecule has 2 aromatic rings. The third-order valence-electron chi connectivity index (χ3n) is 3.36. The Hall–Kier alpha value is -1.90. The molecule has 1 aromatic carbocycles. The van der Waals surface area contributed by atoms with Gasteiger partial charge in [0.2, 0.25) is 5.95 Å². The number of halogens is 1. The Balaban J connectivity index is 2.11. The minimum Gasteiger partial charge on any atom is -0.363 e. The van der Waals surface area contributed by atoms with Gasteiger partial charge in [-0.1, -0.05) is 51.1 Å². The minimum atomic E-state index is -0.467. The summed E-state index contributed by atoms with van der Waals surface area (Å²) >= 11 is 0. The molecule has 3 heteroatoms. The van der Waals surface area contributed by atoms with E-state index in [9.17, 15) is 4.39 Å². The lowest BCUT2D eigenvalue weighted by Crippen LogP contribution is -2.12. The summed E-state index contributed by atoms with van der Waals surface area (Å²) < 4.78 is 13.1. The lowest BCUT2D eigenvalue weighted by molar-refractivity contribution is 0.584. The summed E-state index contributed by atoms with van der Waals surface area (Å²) in [5.41, 5.74) is 2.61. The van der Waals surface area contributed by atoms with Crippen LogP contribution in [-0.4, -0.2) is 4.98 Å². The van der Waals surface area contributed by atoms with Crippen LogP contribution in [0.2, 0.25) is 0 Å². The molecule has 106 valence electrons. The molecule has 0 bridgehead atoms. The standard InChI is InChI=1S/C17H21FN2/c1-12(19-16-7-5-6-15(18)20-16)13-8-10-14(11-9-13)17(2,3)4/h5-12H,1-4H3,(H,19,20). The van der Waals surface area contributed by atoms with Crippen molar-refractivity contribution in [2.24, 2.45) is 0 Å². The number of pyridine rings is 1. The monoisotopic (exact) mass is 272 g/mol. The van der Waals surface area contributed by atoms with Gasteiger partial charge in [-0.2, -0.15) is 4.39 Å². The Morgan fingerprint density at radius 2 is 1.70 bits per heavy atom. The highest BCUT2D eigenvalue weighted by molar-refractivity contribution is 5.38. The zero-order valence-electron chi connectivity index (χ0n) is 12.4. The van der Waals surface area contributed by atoms with Gasteiger partial charge in [0.1, 0.15) is 5.82 Å². The summed E-state index contributed by atoms with van der Waals surface area (Å²) in [7, 11) is 0. The van der Waals surface area contributed by atoms with Crippen LogP contribution in [0.25, 0.3) is 0 Å². The maximum Gasteiger partial charge on any atom is 0.214 e. The molecule has 1 unspecified atom stereocenters. The molecule has 2 rings (SSSR count). The molecule has 20 heavy (non-hydrogen) atoms. The molecular formula is C17H21FN2. The predicted molar refractivity (Wildman–Crippen MR) is 81.4 cm³/mol. The van der Waals surface area contributed by atoms with Gasteiger partial charge in [-0.15, -0.1) is 0 Å². The zero-order valence-corrected chi connectivity index (χ0v) is 12.4. The normalized spacial score (nSPS) is 13.1. The summed E-state index contributed by atoms with van der Waals surface area (Å²) in [5, 5.41) is 3.21. The second kappa shape index (κ2) is 5.61. The molecule has 1 aromatic heterocycles. The third kappa shape index (κ3) is 3.56. The van der Waals surface area contributed by atoms with E-state index in [0.29, 0.717) is 5.82 Å². The summed E-state index contributed by atoms with van der Waals surface area (Å²) in [6, 6.07) is 13.4. The molecule has 0 fully saturated rings. The SMILES string of the molecule is CC(Nc1cccc(F)n1)c1ccc(C(C)(C)C)cc1. The third-order valence-corrected chi connectivity index (χ3v) is 3.36. The fraction of sp³-hybridized carbons (Fsp3) is 0.353. The van der Waals surface area contributed by atoms with Crippen molar-refractivity contribution in [1.82, 2.24) is 4.98 Å². The molecule has 0 saturated carbocycles. The predicted octanol–water partition coefficient (Wildman–Crippen LogP) is 4.69. The zero-order chi connectivity index (χ0) is 14.8. The van der Waals surface area contributed by atoms with Crippen LogP contribution in [0.1, 0.15) is 44.9 Å². The minimum absolute atomic E-state index is 0.0818. The van der Waals surface area contributed by atoms with Gasteiger partial charge in [-0.3, -0.25) is 0 Å². The molecule has 1 atom stereocenters. The fourth-order valence-electron chi connectivity index (χ4n) is 2.07. The van der Waals surface area contributed by atoms with E-state index in [-0.39, 0.29) is 11.5 Å². The van der Waals surface area contributed by atoms with E-state index in [1.807, 2.05) is 6.92 Å². The molecule has 0 aliphatic heterocycles. The number of benzene rings is 1. The number of hydrogen-bond donors (Lipinski definition) is 1. The molecule has 0 aliphatic rings. The van der Waals surface area contributed by atoms with E-state index in [0.717, 1.165) is 5.56 Å². The fourth-order valence-corrected chi connectivity index (χ4v) is 2.07. The lowest BCUT2D eigenvalue weighted by Gasteiger charge is -2.21. The van der Waals surface area contributed by atoms with Crippen molar-refractivity contribution in [3.63, 3.8) is 0 Å². The number of rotatable bonds is 3. The molecule has 1 N–H and O–H groups in total. The number of aromatic nitrogens is 1. The summed E-state index contributed by atoms with van der Waals surface area (Å²) in [6.45, 7) is 8.62. The first-order chi connectivity index (χ1) is 9.36. The van der Waals surface area contributed by atoms with Gasteiger partial charge in [0.15, 0.2) is 0 Å². The van der Waals surface area contributed by atoms with Crippen molar-refractivity contribution in [2.75, 3.05) is 5.32 Å². The van der Waals surface area contributed by atoms with Crippen LogP contribution >= 0.6 is 0 Å². The van der Waals surface area contributed by atoms with Crippen molar-refractivity contribution in [3.8, 4) is 0 Å². The summed E-state index contributed by atoms with van der Waals surface area (Å²) in [6.07, 6.45) is 0. The lowest BCUT2D eigenvalue weighted by atomic mass is 9.86. The van der Waals surface area contributed by atoms with Crippen molar-refractivity contribution in [3.05, 3.63) is 59.5 Å². The molecule has 0 amide bonds. The smallest absolute Gasteiger partial charge is 0.214 e. The number of hydrogen-bond acceptors (Lipinski definition) is 2. The van der Waals surface area contributed by atoms with Crippen LogP contribution < -0.4 is 5.32 Å². The Morgan fingerprint density at radius 1 is 1.05 bits per heavy atom. The highest BCUT2D eigenvalue weighted by Gasteiger charge is 2.14. The molecule has 0 aliphatic carbocycles. The van der Waals surface area contributed by atoms with E-state index < -0.39 is 5.95 Å². The van der Waals surface area contributed by atoms with Crippen molar-refractivity contribution < 1.29 is 4.39 Å². The largest absolute Gasteiger partial charge is 0.363 e. The molecule has 0 spiro atoms. The first-order valence-corrected chi connectivity index (χ1v) is 6.86. The Bertz CT molecular complexity index is 570. The van der Waals surface area contributed by atoms with Gasteiger partial charge in [0.05, 0.1) is 0 Å². The van der Waals surface area contributed by atoms with Gasteiger partial charge in [0, 0.05) is 6.04 Å². The van der Waals surface area contributed by atoms with E-state index in [4.69, 9.17) is 0 Å². The average molecular weight is 272 g/mol. The maximum atomic E-state index is 13.1. The second-order valence-electron chi connectivity index (χ2n) is 6.08. The number of nitrogens with one attached hydrogen (secondary N) is 1. The van der Waals surface area contributed by atoms with Gasteiger partial charge in [0.25, 0.3) is 0 Å². The number of anilines is 1. The second-order valence-corrected chi connectivity index (χ2v) is 6.08. The van der Waals surface area contributed by atoms with Gasteiger partial charge >= 0.3 is 0 Å². The molecular weight excluding hydrogens is 251 g/mol. The van der Waals surface area contributed by atoms with E-state index in [2.05, 4.69) is 55.3 Å². The quantitative estimate of drug-likeness (QED) is 0.820. The van der Waals surface area contributed by atoms with Crippen LogP contribution in [0, 0.1) is 5.95 Å². The molecule has 2 nitrogen and oxygen atoms in total. The Labute approximate surface area is 120 Å². The van der Waals surface area contributed by atoms with E-state index in [1.165, 1.54) is 11.6 Å². The summed E-state index contributed by atoms with van der Waals surface area (Å²) in [4.78, 5) is 3.82. The van der Waals surface area contributed by atoms with E-state index >= 15 is 0 Å². The Kier molecular flexibility index (Phi) is 4.07. The Morgan fingerprint density at radius 3 is 2.25 bits per heavy atom. The number of nitrogens with zero attached hydrogens (tertiary/aromatic N) is 1. The van der Waals surface area contributed by atoms with Crippen LogP contribution in [-0.2, 0) is 5.41 Å². The van der Waals surface area contributed by atoms with Crippen LogP contribution in [0.15, 0.2) is 42.5 Å². The van der Waals surface area contributed by atoms with Crippen molar-refractivity contribution >= 4 is 5.82 Å². The maximum absolute atomic E-state index is 13.1. The van der Waals surface area contributed by atoms with Crippen molar-refractivity contribution in [2.45, 2.75) is 39.2 Å². The molecule has 0 radical (unpaired) electrons. The summed E-state index contributed by atoms with van der Waals surface area (Å²) in [5.74, 6) is 0.0858. The van der Waals surface area contributed by atoms with Crippen molar-refractivity contribution in [1.29, 1.82) is 0 Å². The highest BCUT2D eigenvalue weighted by Crippen LogP contribution is 2.25.